The first-order chi connectivity index (χ1) is 15.2. The molecule has 2 N–H and O–H groups in total. The Labute approximate surface area is 198 Å². The van der Waals surface area contributed by atoms with Gasteiger partial charge in [0, 0.05) is 38.1 Å². The number of likely N-dealkylation sites (N-methyl/N-ethyl adjacent to an activating group) is 1. The largest absolute Gasteiger partial charge is 0.469 e. The topological polar surface area (TPSA) is 201 Å². The first-order valence-electron chi connectivity index (χ1n) is 9.03. The number of nitro groups is 1. The molecule has 1 aromatic carbocycles. The average molecular weight is 573 g/mol. The number of hydrogen-bond acceptors (Lipinski definition) is 10. The normalized spacial score (nSPS) is 11.6. The van der Waals surface area contributed by atoms with Gasteiger partial charge in [-0.3, -0.25) is 23.6 Å². The summed E-state index contributed by atoms with van der Waals surface area (Å²) in [5, 5.41) is 21.4. The molecule has 0 spiro atoms. The molecule has 0 unspecified atom stereocenters. The van der Waals surface area contributed by atoms with Crippen LogP contribution in [-0.2, 0) is 23.4 Å². The molecule has 1 aromatic rings. The summed E-state index contributed by atoms with van der Waals surface area (Å²) in [6.45, 7) is -0.841. The van der Waals surface area contributed by atoms with Crippen LogP contribution in [0.4, 0.5) is 11.4 Å². The number of nitro benzene ring substituents is 1. The van der Waals surface area contributed by atoms with Crippen molar-refractivity contribution >= 4 is 51.2 Å². The van der Waals surface area contributed by atoms with Crippen LogP contribution in [0.3, 0.4) is 0 Å². The molecular formula is C16H22BrN4O10PS. The molecule has 0 saturated carbocycles. The molecule has 0 fully saturated rings. The van der Waals surface area contributed by atoms with E-state index in [1.54, 1.807) is 0 Å². The van der Waals surface area contributed by atoms with Gasteiger partial charge in [0.25, 0.3) is 21.7 Å². The number of phosphoric acid groups is 1. The fraction of sp³-hybridized carbons (Fsp3) is 0.500. The van der Waals surface area contributed by atoms with E-state index in [0.29, 0.717) is 5.33 Å². The summed E-state index contributed by atoms with van der Waals surface area (Å²) >= 11 is 3.23. The summed E-state index contributed by atoms with van der Waals surface area (Å²) in [6.07, 6.45) is 0.872. The number of benzene rings is 1. The highest BCUT2D eigenvalue weighted by Gasteiger charge is 2.28. The van der Waals surface area contributed by atoms with Gasteiger partial charge in [0.2, 0.25) is 0 Å². The molecule has 0 atom stereocenters. The van der Waals surface area contributed by atoms with Gasteiger partial charge < -0.3 is 19.6 Å². The Morgan fingerprint density at radius 3 is 2.42 bits per heavy atom. The molecule has 0 heterocycles. The van der Waals surface area contributed by atoms with Gasteiger partial charge in [-0.15, -0.1) is 0 Å². The number of phosphoric ester groups is 1. The smallest absolute Gasteiger partial charge is 0.367 e. The van der Waals surface area contributed by atoms with Crippen LogP contribution in [0.25, 0.3) is 0 Å². The van der Waals surface area contributed by atoms with Crippen molar-refractivity contribution in [3.63, 3.8) is 0 Å². The molecule has 0 aliphatic heterocycles. The van der Waals surface area contributed by atoms with Crippen molar-refractivity contribution in [1.29, 1.82) is 5.26 Å². The Bertz CT molecular complexity index is 1070. The second-order valence-corrected chi connectivity index (χ2v) is 10.2. The van der Waals surface area contributed by atoms with Gasteiger partial charge >= 0.3 is 7.82 Å². The van der Waals surface area contributed by atoms with Gasteiger partial charge in [-0.2, -0.15) is 13.7 Å². The zero-order chi connectivity index (χ0) is 25.4. The number of amides is 1. The zero-order valence-electron chi connectivity index (χ0n) is 17.6. The highest BCUT2D eigenvalue weighted by molar-refractivity contribution is 9.09. The van der Waals surface area contributed by atoms with Gasteiger partial charge in [0.1, 0.15) is 11.6 Å². The molecule has 14 nitrogen and oxygen atoms in total. The van der Waals surface area contributed by atoms with Crippen molar-refractivity contribution in [2.75, 3.05) is 56.4 Å². The third-order valence-corrected chi connectivity index (χ3v) is 5.52. The maximum atomic E-state index is 12.9. The van der Waals surface area contributed by atoms with Crippen LogP contribution in [0.2, 0.25) is 0 Å². The summed E-state index contributed by atoms with van der Waals surface area (Å²) in [5.74, 6) is -0.854. The molecule has 0 bridgehead atoms. The number of hydrogen-bond donors (Lipinski definition) is 2. The predicted octanol–water partition coefficient (Wildman–Crippen LogP) is 0.825. The van der Waals surface area contributed by atoms with Crippen molar-refractivity contribution in [2.24, 2.45) is 0 Å². The van der Waals surface area contributed by atoms with Gasteiger partial charge in [0.15, 0.2) is 0 Å². The van der Waals surface area contributed by atoms with E-state index in [2.05, 4.69) is 20.5 Å². The van der Waals surface area contributed by atoms with Gasteiger partial charge in [-0.05, 0) is 6.07 Å². The third kappa shape index (κ3) is 9.72. The second kappa shape index (κ2) is 12.4. The van der Waals surface area contributed by atoms with Crippen LogP contribution in [0, 0.1) is 21.4 Å². The van der Waals surface area contributed by atoms with Crippen molar-refractivity contribution in [3.05, 3.63) is 33.4 Å². The minimum atomic E-state index is -4.76. The van der Waals surface area contributed by atoms with Crippen molar-refractivity contribution in [2.45, 2.75) is 0 Å². The highest BCUT2D eigenvalue weighted by atomic mass is 79.9. The molecule has 0 aliphatic rings. The summed E-state index contributed by atoms with van der Waals surface area (Å²) in [4.78, 5) is 43.5. The van der Waals surface area contributed by atoms with E-state index in [1.165, 1.54) is 11.9 Å². The fourth-order valence-corrected chi connectivity index (χ4v) is 3.73. The fourth-order valence-electron chi connectivity index (χ4n) is 2.61. The summed E-state index contributed by atoms with van der Waals surface area (Å²) in [5.41, 5.74) is -1.00. The lowest BCUT2D eigenvalue weighted by Crippen LogP contribution is -2.33. The summed E-state index contributed by atoms with van der Waals surface area (Å²) in [6, 6.07) is 3.90. The van der Waals surface area contributed by atoms with Crippen molar-refractivity contribution < 1.29 is 41.2 Å². The lowest BCUT2D eigenvalue weighted by molar-refractivity contribution is -0.385. The van der Waals surface area contributed by atoms with Crippen LogP contribution in [-0.4, -0.2) is 85.4 Å². The number of carbonyl (C=O) groups is 1. The molecule has 33 heavy (non-hydrogen) atoms. The molecule has 0 aliphatic carbocycles. The molecule has 1 amide bonds. The van der Waals surface area contributed by atoms with Crippen LogP contribution < -0.4 is 4.90 Å². The Morgan fingerprint density at radius 1 is 1.30 bits per heavy atom. The maximum Gasteiger partial charge on any atom is 0.469 e. The van der Waals surface area contributed by atoms with E-state index in [4.69, 9.17) is 14.0 Å². The minimum Gasteiger partial charge on any atom is -0.367 e. The number of nitrogens with zero attached hydrogens (tertiary/aromatic N) is 4. The van der Waals surface area contributed by atoms with Gasteiger partial charge in [-0.1, -0.05) is 15.9 Å². The third-order valence-electron chi connectivity index (χ3n) is 4.05. The Morgan fingerprint density at radius 2 is 1.94 bits per heavy atom. The standard InChI is InChI=1S/C16H22BrN4O10PS/c1-19(5-7-30-32(25,26)27)16(22)13-10-14(12(11-18)9-15(13)21(23)24)20(4-3-17)6-8-31-33(2,28)29/h9-10H,3-8H2,1-2H3,(H2,25,26,27). The van der Waals surface area contributed by atoms with Crippen LogP contribution >= 0.6 is 23.8 Å². The Balaban J connectivity index is 3.35. The number of rotatable bonds is 13. The number of halogens is 1. The Hall–Kier alpha value is -2.12. The van der Waals surface area contributed by atoms with Crippen molar-refractivity contribution in [1.82, 2.24) is 4.90 Å². The summed E-state index contributed by atoms with van der Waals surface area (Å²) < 4.78 is 42.3. The SMILES string of the molecule is CN(CCOP(=O)(O)O)C(=O)c1cc(N(CCBr)CCOS(C)(=O)=O)c(C#N)cc1[N+](=O)[O-]. The Kier molecular flexibility index (Phi) is 10.8. The summed E-state index contributed by atoms with van der Waals surface area (Å²) in [7, 11) is -7.23. The molecule has 184 valence electrons. The lowest BCUT2D eigenvalue weighted by Gasteiger charge is -2.26. The van der Waals surface area contributed by atoms with Gasteiger partial charge in [0.05, 0.1) is 35.6 Å². The molecule has 0 radical (unpaired) electrons. The van der Waals surface area contributed by atoms with Crippen LogP contribution in [0.5, 0.6) is 0 Å². The van der Waals surface area contributed by atoms with Crippen LogP contribution in [0.15, 0.2) is 12.1 Å². The molecule has 0 aromatic heterocycles. The first kappa shape index (κ1) is 28.9. The lowest BCUT2D eigenvalue weighted by atomic mass is 10.0. The molecular weight excluding hydrogens is 551 g/mol. The van der Waals surface area contributed by atoms with E-state index in [0.717, 1.165) is 23.3 Å². The molecule has 17 heteroatoms. The first-order valence-corrected chi connectivity index (χ1v) is 13.5. The number of nitriles is 1. The number of carbonyl (C=O) groups excluding carboxylic acids is 1. The monoisotopic (exact) mass is 572 g/mol. The van der Waals surface area contributed by atoms with E-state index < -0.39 is 41.1 Å². The second-order valence-electron chi connectivity index (χ2n) is 6.51. The van der Waals surface area contributed by atoms with E-state index in [-0.39, 0.29) is 43.1 Å². The van der Waals surface area contributed by atoms with Crippen molar-refractivity contribution in [3.8, 4) is 6.07 Å². The van der Waals surface area contributed by atoms with E-state index in [1.807, 2.05) is 6.07 Å². The highest BCUT2D eigenvalue weighted by Crippen LogP contribution is 2.35. The molecule has 0 saturated heterocycles. The zero-order valence-corrected chi connectivity index (χ0v) is 20.9. The van der Waals surface area contributed by atoms with Crippen LogP contribution in [0.1, 0.15) is 15.9 Å². The quantitative estimate of drug-likeness (QED) is 0.111. The van der Waals surface area contributed by atoms with Gasteiger partial charge in [-0.25, -0.2) is 4.57 Å². The maximum absolute atomic E-state index is 12.9. The molecule has 1 rings (SSSR count). The van der Waals surface area contributed by atoms with E-state index in [9.17, 15) is 33.2 Å². The predicted molar refractivity (Wildman–Crippen MR) is 120 cm³/mol. The number of alkyl halides is 1. The average Bonchev–Trinajstić information content (AvgIpc) is 2.69. The van der Waals surface area contributed by atoms with E-state index >= 15 is 0 Å². The minimum absolute atomic E-state index is 0.00917. The number of anilines is 1.